The monoisotopic (exact) mass is 817 g/mol. The second-order valence-corrected chi connectivity index (χ2v) is 19.3. The number of benzene rings is 2. The third-order valence-corrected chi connectivity index (χ3v) is 11.0. The fourth-order valence-electron chi connectivity index (χ4n) is 6.03. The van der Waals surface area contributed by atoms with Crippen LogP contribution in [0.15, 0.2) is 48.5 Å². The maximum absolute atomic E-state index is 11.7. The normalized spacial score (nSPS) is 12.3. The van der Waals surface area contributed by atoms with Gasteiger partial charge in [0.15, 0.2) is 5.78 Å². The Hall–Kier alpha value is -2.73. The van der Waals surface area contributed by atoms with Crippen LogP contribution in [-0.4, -0.2) is 33.9 Å². The molecule has 0 saturated heterocycles. The summed E-state index contributed by atoms with van der Waals surface area (Å²) in [7, 11) is -1.44. The van der Waals surface area contributed by atoms with Crippen LogP contribution in [0.2, 0.25) is 19.6 Å². The smallest absolute Gasteiger partial charge is 0.162 e. The number of pyridine rings is 1. The number of hydrogen-bond acceptors (Lipinski definition) is 5. The second kappa shape index (κ2) is 16.4. The van der Waals surface area contributed by atoms with Crippen LogP contribution in [0.4, 0.5) is 0 Å². The molecule has 251 valence electrons. The van der Waals surface area contributed by atoms with Crippen molar-refractivity contribution in [3.05, 3.63) is 71.4 Å². The maximum Gasteiger partial charge on any atom is 0.162 e. The Kier molecular flexibility index (Phi) is 14.1. The number of rotatable bonds is 9. The van der Waals surface area contributed by atoms with Crippen molar-refractivity contribution in [2.75, 3.05) is 0 Å². The first-order chi connectivity index (χ1) is 21.1. The Morgan fingerprint density at radius 1 is 0.913 bits per heavy atom. The summed E-state index contributed by atoms with van der Waals surface area (Å²) >= 11 is 0. The number of aliphatic hydroxyl groups excluding tert-OH is 1. The summed E-state index contributed by atoms with van der Waals surface area (Å²) in [4.78, 5) is 25.9. The van der Waals surface area contributed by atoms with Crippen LogP contribution in [0, 0.1) is 31.7 Å². The summed E-state index contributed by atoms with van der Waals surface area (Å²) in [5.74, 6) is 0.547. The standard InChI is InChI=1S/C26H30N3Si.C13H24O2.Ir/c1-16-9-10-18-13-19(14-21(25(18)29-16)26(3,4)5)24-20-11-12-22(30(6,7)8)17(2)23(20)27-15-28-24;1-5-10(6-2)12(14)9-13(15)11(7-3)8-4;/h9-12,14-15H,1-8H3;9-11,14H,5-8H2,1-4H3;/q-1;;/b;12-9-;. The van der Waals surface area contributed by atoms with E-state index in [9.17, 15) is 9.90 Å². The first kappa shape index (κ1) is 39.4. The molecule has 0 aliphatic carbocycles. The van der Waals surface area contributed by atoms with Crippen LogP contribution >= 0.6 is 0 Å². The van der Waals surface area contributed by atoms with Crippen LogP contribution in [0.3, 0.4) is 0 Å². The number of carbonyl (C=O) groups excluding carboxylic acids is 1. The van der Waals surface area contributed by atoms with E-state index in [0.29, 0.717) is 0 Å². The van der Waals surface area contributed by atoms with Crippen molar-refractivity contribution in [2.45, 2.75) is 113 Å². The predicted octanol–water partition coefficient (Wildman–Crippen LogP) is 9.97. The van der Waals surface area contributed by atoms with E-state index in [-0.39, 0.29) is 48.9 Å². The van der Waals surface area contributed by atoms with E-state index in [0.717, 1.165) is 64.4 Å². The van der Waals surface area contributed by atoms with Gasteiger partial charge in [-0.15, -0.1) is 18.2 Å². The molecule has 2 heterocycles. The second-order valence-electron chi connectivity index (χ2n) is 14.3. The van der Waals surface area contributed by atoms with Crippen LogP contribution < -0.4 is 5.19 Å². The number of ketones is 1. The summed E-state index contributed by atoms with van der Waals surface area (Å²) < 4.78 is 0. The van der Waals surface area contributed by atoms with Crippen molar-refractivity contribution in [1.82, 2.24) is 15.0 Å². The van der Waals surface area contributed by atoms with Gasteiger partial charge in [-0.1, -0.05) is 108 Å². The molecule has 0 unspecified atom stereocenters. The third-order valence-electron chi connectivity index (χ3n) is 8.86. The van der Waals surface area contributed by atoms with Gasteiger partial charge < -0.3 is 5.11 Å². The zero-order valence-electron chi connectivity index (χ0n) is 30.1. The molecule has 0 atom stereocenters. The number of fused-ring (bicyclic) bond motifs is 2. The third kappa shape index (κ3) is 9.20. The average molecular weight is 817 g/mol. The molecule has 1 N–H and O–H groups in total. The molecule has 4 rings (SSSR count). The van der Waals surface area contributed by atoms with Crippen molar-refractivity contribution >= 4 is 40.8 Å². The maximum atomic E-state index is 11.7. The van der Waals surface area contributed by atoms with Gasteiger partial charge in [-0.3, -0.25) is 14.8 Å². The van der Waals surface area contributed by atoms with E-state index >= 15 is 0 Å². The molecule has 4 aromatic rings. The molecule has 0 bridgehead atoms. The van der Waals surface area contributed by atoms with Gasteiger partial charge in [0.2, 0.25) is 0 Å². The number of nitrogens with zero attached hydrogens (tertiary/aromatic N) is 3. The molecule has 5 nitrogen and oxygen atoms in total. The topological polar surface area (TPSA) is 76.0 Å². The number of carbonyl (C=O) groups is 1. The molecule has 0 aliphatic rings. The summed E-state index contributed by atoms with van der Waals surface area (Å²) in [5, 5.41) is 13.3. The van der Waals surface area contributed by atoms with E-state index in [1.165, 1.54) is 22.4 Å². The van der Waals surface area contributed by atoms with Gasteiger partial charge in [0, 0.05) is 54.9 Å². The molecule has 0 aliphatic heterocycles. The van der Waals surface area contributed by atoms with E-state index < -0.39 is 8.07 Å². The Morgan fingerprint density at radius 3 is 2.07 bits per heavy atom. The summed E-state index contributed by atoms with van der Waals surface area (Å²) in [6, 6.07) is 14.5. The molecular weight excluding hydrogens is 763 g/mol. The van der Waals surface area contributed by atoms with Crippen molar-refractivity contribution < 1.29 is 30.0 Å². The Bertz CT molecular complexity index is 1680. The summed E-state index contributed by atoms with van der Waals surface area (Å²) in [6.07, 6.45) is 6.60. The SMILES string of the molecule is CCC(CC)C(=O)/C=C(\O)C(CC)CC.Cc1ccc2[c-]c(-c3ncnc4c(C)c([Si](C)(C)C)ccc34)cc(C(C)(C)C)c2n1.[Ir]. The van der Waals surface area contributed by atoms with Crippen LogP contribution in [-0.2, 0) is 30.3 Å². The number of aromatic nitrogens is 3. The van der Waals surface area contributed by atoms with E-state index in [2.05, 4.69) is 88.7 Å². The molecule has 2 aromatic heterocycles. The van der Waals surface area contributed by atoms with E-state index in [1.807, 2.05) is 34.6 Å². The van der Waals surface area contributed by atoms with Crippen LogP contribution in [0.25, 0.3) is 33.1 Å². The molecule has 0 amide bonds. The van der Waals surface area contributed by atoms with Gasteiger partial charge in [0.05, 0.1) is 19.3 Å². The molecule has 0 saturated carbocycles. The largest absolute Gasteiger partial charge is 0.512 e. The fraction of sp³-hybridized carbons (Fsp3) is 0.487. The fourth-order valence-corrected chi connectivity index (χ4v) is 7.86. The quantitative estimate of drug-likeness (QED) is 0.0788. The number of allylic oxidation sites excluding steroid dienone is 2. The first-order valence-electron chi connectivity index (χ1n) is 16.6. The molecule has 46 heavy (non-hydrogen) atoms. The Labute approximate surface area is 292 Å². The Morgan fingerprint density at radius 2 is 1.52 bits per heavy atom. The summed E-state index contributed by atoms with van der Waals surface area (Å²) in [6.45, 7) is 26.2. The average Bonchev–Trinajstić information content (AvgIpc) is 2.97. The molecule has 0 spiro atoms. The summed E-state index contributed by atoms with van der Waals surface area (Å²) in [5.41, 5.74) is 7.52. The minimum Gasteiger partial charge on any atom is -0.512 e. The van der Waals surface area contributed by atoms with Crippen LogP contribution in [0.5, 0.6) is 0 Å². The van der Waals surface area contributed by atoms with Gasteiger partial charge in [-0.05, 0) is 55.9 Å². The predicted molar refractivity (Wildman–Crippen MR) is 194 cm³/mol. The molecule has 0 fully saturated rings. The zero-order chi connectivity index (χ0) is 33.7. The first-order valence-corrected chi connectivity index (χ1v) is 20.1. The van der Waals surface area contributed by atoms with Gasteiger partial charge in [-0.2, -0.15) is 0 Å². The van der Waals surface area contributed by atoms with Gasteiger partial charge >= 0.3 is 0 Å². The van der Waals surface area contributed by atoms with Crippen LogP contribution in [0.1, 0.15) is 91.0 Å². The van der Waals surface area contributed by atoms with Crippen molar-refractivity contribution in [3.63, 3.8) is 0 Å². The zero-order valence-corrected chi connectivity index (χ0v) is 33.5. The number of aliphatic hydroxyl groups is 1. The van der Waals surface area contributed by atoms with Crippen molar-refractivity contribution in [1.29, 1.82) is 0 Å². The molecule has 2 aromatic carbocycles. The van der Waals surface area contributed by atoms with E-state index in [1.54, 1.807) is 6.33 Å². The number of hydrogen-bond donors (Lipinski definition) is 1. The molecule has 7 heteroatoms. The Balaban J connectivity index is 0.000000394. The number of aryl methyl sites for hydroxylation is 2. The van der Waals surface area contributed by atoms with Gasteiger partial charge in [0.25, 0.3) is 0 Å². The molecular formula is C39H54IrN3O2Si-. The minimum atomic E-state index is -1.44. The van der Waals surface area contributed by atoms with Gasteiger partial charge in [0.1, 0.15) is 6.33 Å². The van der Waals surface area contributed by atoms with Gasteiger partial charge in [-0.25, -0.2) is 4.98 Å². The van der Waals surface area contributed by atoms with E-state index in [4.69, 9.17) is 9.97 Å². The van der Waals surface area contributed by atoms with Crippen molar-refractivity contribution in [3.8, 4) is 11.3 Å². The molecule has 1 radical (unpaired) electrons. The van der Waals surface area contributed by atoms with Crippen molar-refractivity contribution in [2.24, 2.45) is 11.8 Å². The minimum absolute atomic E-state index is 0.